The number of primary amides is 1. The topological polar surface area (TPSA) is 81.2 Å². The Bertz CT molecular complexity index is 1010. The van der Waals surface area contributed by atoms with Crippen molar-refractivity contribution in [3.8, 4) is 16.9 Å². The molecule has 1 fully saturated rings. The van der Waals surface area contributed by atoms with Crippen LogP contribution in [-0.2, 0) is 4.79 Å². The Balaban J connectivity index is 1.64. The Morgan fingerprint density at radius 1 is 1.03 bits per heavy atom. The maximum atomic E-state index is 13.5. The van der Waals surface area contributed by atoms with Crippen LogP contribution in [0.2, 0.25) is 0 Å². The molecule has 0 spiro atoms. The summed E-state index contributed by atoms with van der Waals surface area (Å²) < 4.78 is 1.77. The number of nitrogens with two attached hydrogens (primary N) is 1. The minimum Gasteiger partial charge on any atom is -0.370 e. The van der Waals surface area contributed by atoms with E-state index in [-0.39, 0.29) is 11.8 Å². The van der Waals surface area contributed by atoms with Crippen LogP contribution in [-0.4, -0.2) is 39.6 Å². The van der Waals surface area contributed by atoms with E-state index in [1.807, 2.05) is 71.8 Å². The van der Waals surface area contributed by atoms with Crippen molar-refractivity contribution in [2.45, 2.75) is 25.7 Å². The van der Waals surface area contributed by atoms with E-state index >= 15 is 0 Å². The third kappa shape index (κ3) is 4.43. The number of nitrogens with zero attached hydrogens (tertiary/aromatic N) is 3. The normalized spacial score (nSPS) is 16.4. The van der Waals surface area contributed by atoms with Crippen molar-refractivity contribution in [2.24, 2.45) is 11.7 Å². The number of rotatable bonds is 6. The lowest BCUT2D eigenvalue weighted by atomic mass is 9.92. The van der Waals surface area contributed by atoms with Gasteiger partial charge >= 0.3 is 0 Å². The van der Waals surface area contributed by atoms with Crippen molar-refractivity contribution in [2.75, 3.05) is 13.1 Å². The van der Waals surface area contributed by atoms with E-state index in [9.17, 15) is 9.59 Å². The first-order chi connectivity index (χ1) is 14.6. The fraction of sp³-hybridized carbons (Fsp3) is 0.292. The van der Waals surface area contributed by atoms with Gasteiger partial charge in [-0.3, -0.25) is 9.59 Å². The predicted octanol–water partition coefficient (Wildman–Crippen LogP) is 3.66. The number of aromatic nitrogens is 2. The number of para-hydroxylation sites is 1. The van der Waals surface area contributed by atoms with E-state index < -0.39 is 0 Å². The van der Waals surface area contributed by atoms with E-state index in [1.165, 1.54) is 0 Å². The fourth-order valence-corrected chi connectivity index (χ4v) is 4.05. The minimum atomic E-state index is -0.283. The summed E-state index contributed by atoms with van der Waals surface area (Å²) in [5.74, 6) is 0.00769. The number of carbonyl (C=O) groups excluding carboxylic acids is 2. The van der Waals surface area contributed by atoms with Gasteiger partial charge in [0.15, 0.2) is 0 Å². The Morgan fingerprint density at radius 2 is 1.73 bits per heavy atom. The van der Waals surface area contributed by atoms with E-state index in [0.717, 1.165) is 37.1 Å². The Hall–Kier alpha value is -3.41. The molecule has 1 unspecified atom stereocenters. The summed E-state index contributed by atoms with van der Waals surface area (Å²) in [5.41, 5.74) is 8.41. The standard InChI is InChI=1S/C24H26N4O2/c25-22(29)14-13-18-8-7-15-27(16-18)24(30)21-17-28(20-11-5-2-6-12-20)26-23(21)19-9-3-1-4-10-19/h1-6,9-12,17-18H,7-8,13-16H2,(H2,25,29). The lowest BCUT2D eigenvalue weighted by Crippen LogP contribution is -2.40. The smallest absolute Gasteiger partial charge is 0.257 e. The first-order valence-electron chi connectivity index (χ1n) is 10.4. The van der Waals surface area contributed by atoms with Gasteiger partial charge in [0.05, 0.1) is 11.3 Å². The second-order valence-electron chi connectivity index (χ2n) is 7.80. The van der Waals surface area contributed by atoms with Crippen LogP contribution in [0, 0.1) is 5.92 Å². The van der Waals surface area contributed by atoms with Crippen LogP contribution in [0.3, 0.4) is 0 Å². The van der Waals surface area contributed by atoms with Gasteiger partial charge in [-0.15, -0.1) is 0 Å². The second kappa shape index (κ2) is 8.95. The molecule has 1 aliphatic heterocycles. The zero-order valence-corrected chi connectivity index (χ0v) is 16.9. The Kier molecular flexibility index (Phi) is 5.93. The summed E-state index contributed by atoms with van der Waals surface area (Å²) in [6, 6.07) is 19.6. The molecule has 1 saturated heterocycles. The third-order valence-corrected chi connectivity index (χ3v) is 5.62. The van der Waals surface area contributed by atoms with Gasteiger partial charge in [0, 0.05) is 31.3 Å². The van der Waals surface area contributed by atoms with E-state index in [0.29, 0.717) is 30.1 Å². The zero-order valence-electron chi connectivity index (χ0n) is 16.9. The van der Waals surface area contributed by atoms with Crippen LogP contribution < -0.4 is 5.73 Å². The summed E-state index contributed by atoms with van der Waals surface area (Å²) in [4.78, 5) is 26.5. The zero-order chi connectivity index (χ0) is 20.9. The monoisotopic (exact) mass is 402 g/mol. The van der Waals surface area contributed by atoms with Gasteiger partial charge in [0.2, 0.25) is 5.91 Å². The molecule has 4 rings (SSSR count). The molecule has 0 radical (unpaired) electrons. The molecule has 0 bridgehead atoms. The molecular formula is C24H26N4O2. The predicted molar refractivity (Wildman–Crippen MR) is 116 cm³/mol. The van der Waals surface area contributed by atoms with E-state index in [2.05, 4.69) is 0 Å². The van der Waals surface area contributed by atoms with Crippen LogP contribution in [0.25, 0.3) is 16.9 Å². The maximum absolute atomic E-state index is 13.5. The van der Waals surface area contributed by atoms with Gasteiger partial charge in [-0.05, 0) is 37.3 Å². The van der Waals surface area contributed by atoms with Gasteiger partial charge < -0.3 is 10.6 Å². The highest BCUT2D eigenvalue weighted by Gasteiger charge is 2.28. The van der Waals surface area contributed by atoms with E-state index in [1.54, 1.807) is 4.68 Å². The minimum absolute atomic E-state index is 0.0141. The second-order valence-corrected chi connectivity index (χ2v) is 7.80. The molecule has 2 N–H and O–H groups in total. The molecule has 0 saturated carbocycles. The van der Waals surface area contributed by atoms with Crippen molar-refractivity contribution in [1.82, 2.24) is 14.7 Å². The van der Waals surface area contributed by atoms with Crippen LogP contribution in [0.4, 0.5) is 0 Å². The van der Waals surface area contributed by atoms with Crippen LogP contribution in [0.15, 0.2) is 66.9 Å². The molecule has 6 heteroatoms. The molecule has 2 heterocycles. The number of amides is 2. The summed E-state index contributed by atoms with van der Waals surface area (Å²) in [6.07, 6.45) is 4.88. The maximum Gasteiger partial charge on any atom is 0.257 e. The number of likely N-dealkylation sites (tertiary alicyclic amines) is 1. The van der Waals surface area contributed by atoms with Gasteiger partial charge in [-0.2, -0.15) is 5.10 Å². The average molecular weight is 402 g/mol. The number of piperidine rings is 1. The van der Waals surface area contributed by atoms with Crippen molar-refractivity contribution in [1.29, 1.82) is 0 Å². The summed E-state index contributed by atoms with van der Waals surface area (Å²) >= 11 is 0. The largest absolute Gasteiger partial charge is 0.370 e. The van der Waals surface area contributed by atoms with Gasteiger partial charge in [0.1, 0.15) is 5.69 Å². The number of carbonyl (C=O) groups is 2. The summed E-state index contributed by atoms with van der Waals surface area (Å²) in [5, 5.41) is 4.75. The number of hydrogen-bond donors (Lipinski definition) is 1. The number of benzene rings is 2. The molecule has 1 aliphatic rings. The van der Waals surface area contributed by atoms with E-state index in [4.69, 9.17) is 10.8 Å². The molecule has 30 heavy (non-hydrogen) atoms. The third-order valence-electron chi connectivity index (χ3n) is 5.62. The first kappa shape index (κ1) is 19.9. The molecule has 0 aliphatic carbocycles. The summed E-state index contributed by atoms with van der Waals surface area (Å²) in [7, 11) is 0. The molecular weight excluding hydrogens is 376 g/mol. The lowest BCUT2D eigenvalue weighted by Gasteiger charge is -2.32. The summed E-state index contributed by atoms with van der Waals surface area (Å²) in [6.45, 7) is 1.37. The molecule has 6 nitrogen and oxygen atoms in total. The molecule has 1 atom stereocenters. The molecule has 2 amide bonds. The SMILES string of the molecule is NC(=O)CCC1CCCN(C(=O)c2cn(-c3ccccc3)nc2-c2ccccc2)C1. The molecule has 154 valence electrons. The molecule has 3 aromatic rings. The number of hydrogen-bond acceptors (Lipinski definition) is 3. The first-order valence-corrected chi connectivity index (χ1v) is 10.4. The van der Waals surface area contributed by atoms with Crippen molar-refractivity contribution in [3.05, 3.63) is 72.4 Å². The van der Waals surface area contributed by atoms with Gasteiger partial charge in [-0.25, -0.2) is 4.68 Å². The average Bonchev–Trinajstić information content (AvgIpc) is 3.24. The van der Waals surface area contributed by atoms with Gasteiger partial charge in [0.25, 0.3) is 5.91 Å². The quantitative estimate of drug-likeness (QED) is 0.683. The van der Waals surface area contributed by atoms with Crippen molar-refractivity contribution >= 4 is 11.8 Å². The highest BCUT2D eigenvalue weighted by molar-refractivity contribution is 6.00. The molecule has 1 aromatic heterocycles. The van der Waals surface area contributed by atoms with Crippen LogP contribution in [0.5, 0.6) is 0 Å². The Labute approximate surface area is 176 Å². The molecule has 2 aromatic carbocycles. The Morgan fingerprint density at radius 3 is 2.43 bits per heavy atom. The van der Waals surface area contributed by atoms with Crippen molar-refractivity contribution in [3.63, 3.8) is 0 Å². The highest BCUT2D eigenvalue weighted by Crippen LogP contribution is 2.28. The fourth-order valence-electron chi connectivity index (χ4n) is 4.05. The highest BCUT2D eigenvalue weighted by atomic mass is 16.2. The van der Waals surface area contributed by atoms with Crippen LogP contribution >= 0.6 is 0 Å². The lowest BCUT2D eigenvalue weighted by molar-refractivity contribution is -0.118. The van der Waals surface area contributed by atoms with Crippen LogP contribution in [0.1, 0.15) is 36.0 Å². The van der Waals surface area contributed by atoms with Crippen molar-refractivity contribution < 1.29 is 9.59 Å². The van der Waals surface area contributed by atoms with Gasteiger partial charge in [-0.1, -0.05) is 48.5 Å².